The predicted octanol–water partition coefficient (Wildman–Crippen LogP) is 1.04. The van der Waals surface area contributed by atoms with Gasteiger partial charge in [-0.3, -0.25) is 4.90 Å². The van der Waals surface area contributed by atoms with Gasteiger partial charge in [-0.15, -0.1) is 0 Å². The molecule has 9 heteroatoms. The SMILES string of the molecule is COc1ccc(NC(=O)N2CCN(C3CCS(=O)(=O)C3)CC2)c(OC)c1. The summed E-state index contributed by atoms with van der Waals surface area (Å²) in [5.74, 6) is 1.70. The number of urea groups is 1. The Hall–Kier alpha value is -2.00. The summed E-state index contributed by atoms with van der Waals surface area (Å²) in [5, 5.41) is 2.87. The number of methoxy groups -OCH3 is 2. The Balaban J connectivity index is 1.56. The first-order chi connectivity index (χ1) is 12.4. The molecule has 26 heavy (non-hydrogen) atoms. The highest BCUT2D eigenvalue weighted by Gasteiger charge is 2.34. The van der Waals surface area contributed by atoms with Crippen molar-refractivity contribution in [2.24, 2.45) is 0 Å². The molecule has 1 aromatic carbocycles. The first kappa shape index (κ1) is 18.8. The lowest BCUT2D eigenvalue weighted by atomic mass is 10.2. The molecule has 2 aliphatic heterocycles. The minimum atomic E-state index is -2.89. The molecule has 1 aromatic rings. The molecular formula is C17H25N3O5S. The van der Waals surface area contributed by atoms with E-state index in [-0.39, 0.29) is 23.6 Å². The van der Waals surface area contributed by atoms with Gasteiger partial charge in [0.2, 0.25) is 0 Å². The van der Waals surface area contributed by atoms with Gasteiger partial charge in [0.25, 0.3) is 0 Å². The van der Waals surface area contributed by atoms with Crippen molar-refractivity contribution in [3.8, 4) is 11.5 Å². The molecule has 0 bridgehead atoms. The van der Waals surface area contributed by atoms with Gasteiger partial charge in [-0.1, -0.05) is 0 Å². The fourth-order valence-electron chi connectivity index (χ4n) is 3.45. The molecule has 0 aromatic heterocycles. The number of ether oxygens (including phenoxy) is 2. The van der Waals surface area contributed by atoms with E-state index in [1.165, 1.54) is 0 Å². The molecule has 0 spiro atoms. The van der Waals surface area contributed by atoms with Crippen LogP contribution in [-0.2, 0) is 9.84 Å². The minimum Gasteiger partial charge on any atom is -0.497 e. The number of benzene rings is 1. The number of nitrogens with one attached hydrogen (secondary N) is 1. The van der Waals surface area contributed by atoms with Crippen LogP contribution in [0.3, 0.4) is 0 Å². The normalized spacial score (nSPS) is 22.8. The molecule has 144 valence electrons. The second-order valence-electron chi connectivity index (χ2n) is 6.58. The molecule has 1 atom stereocenters. The summed E-state index contributed by atoms with van der Waals surface area (Å²) in [6, 6.07) is 5.12. The molecule has 3 rings (SSSR count). The van der Waals surface area contributed by atoms with Crippen LogP contribution in [0, 0.1) is 0 Å². The smallest absolute Gasteiger partial charge is 0.322 e. The molecular weight excluding hydrogens is 358 g/mol. The van der Waals surface area contributed by atoms with Crippen LogP contribution >= 0.6 is 0 Å². The summed E-state index contributed by atoms with van der Waals surface area (Å²) in [4.78, 5) is 16.5. The molecule has 2 fully saturated rings. The first-order valence-electron chi connectivity index (χ1n) is 8.64. The Morgan fingerprint density at radius 1 is 1.15 bits per heavy atom. The number of piperazine rings is 1. The van der Waals surface area contributed by atoms with Gasteiger partial charge in [-0.25, -0.2) is 13.2 Å². The molecule has 2 amide bonds. The summed E-state index contributed by atoms with van der Waals surface area (Å²) < 4.78 is 33.7. The van der Waals surface area contributed by atoms with E-state index in [9.17, 15) is 13.2 Å². The third-order valence-electron chi connectivity index (χ3n) is 4.98. The molecule has 0 radical (unpaired) electrons. The lowest BCUT2D eigenvalue weighted by Crippen LogP contribution is -2.53. The van der Waals surface area contributed by atoms with Crippen molar-refractivity contribution in [3.63, 3.8) is 0 Å². The lowest BCUT2D eigenvalue weighted by molar-refractivity contribution is 0.121. The number of carbonyl (C=O) groups is 1. The highest BCUT2D eigenvalue weighted by Crippen LogP contribution is 2.29. The van der Waals surface area contributed by atoms with Gasteiger partial charge in [-0.05, 0) is 18.6 Å². The number of sulfone groups is 1. The number of amides is 2. The van der Waals surface area contributed by atoms with Gasteiger partial charge >= 0.3 is 6.03 Å². The zero-order valence-corrected chi connectivity index (χ0v) is 15.9. The molecule has 0 saturated carbocycles. The number of hydrogen-bond acceptors (Lipinski definition) is 6. The largest absolute Gasteiger partial charge is 0.497 e. The maximum Gasteiger partial charge on any atom is 0.322 e. The zero-order valence-electron chi connectivity index (χ0n) is 15.1. The minimum absolute atomic E-state index is 0.0897. The van der Waals surface area contributed by atoms with Crippen molar-refractivity contribution in [2.45, 2.75) is 12.5 Å². The molecule has 1 N–H and O–H groups in total. The zero-order chi connectivity index (χ0) is 18.7. The lowest BCUT2D eigenvalue weighted by Gasteiger charge is -2.37. The van der Waals surface area contributed by atoms with Gasteiger partial charge in [0.1, 0.15) is 11.5 Å². The summed E-state index contributed by atoms with van der Waals surface area (Å²) in [6.07, 6.45) is 0.692. The van der Waals surface area contributed by atoms with Crippen molar-refractivity contribution >= 4 is 21.6 Å². The first-order valence-corrected chi connectivity index (χ1v) is 10.5. The van der Waals surface area contributed by atoms with E-state index < -0.39 is 9.84 Å². The summed E-state index contributed by atoms with van der Waals surface area (Å²) in [6.45, 7) is 2.52. The summed E-state index contributed by atoms with van der Waals surface area (Å²) >= 11 is 0. The van der Waals surface area contributed by atoms with E-state index in [4.69, 9.17) is 9.47 Å². The highest BCUT2D eigenvalue weighted by molar-refractivity contribution is 7.91. The Kier molecular flexibility index (Phi) is 5.57. The van der Waals surface area contributed by atoms with Crippen LogP contribution in [0.2, 0.25) is 0 Å². The van der Waals surface area contributed by atoms with Crippen LogP contribution in [0.5, 0.6) is 11.5 Å². The van der Waals surface area contributed by atoms with E-state index in [0.717, 1.165) is 0 Å². The maximum absolute atomic E-state index is 12.5. The molecule has 1 unspecified atom stereocenters. The Bertz CT molecular complexity index is 760. The van der Waals surface area contributed by atoms with Gasteiger partial charge in [0, 0.05) is 38.3 Å². The van der Waals surface area contributed by atoms with Crippen molar-refractivity contribution < 1.29 is 22.7 Å². The standard InChI is InChI=1S/C17H25N3O5S/c1-24-14-3-4-15(16(11-14)25-2)18-17(21)20-8-6-19(7-9-20)13-5-10-26(22,23)12-13/h3-4,11,13H,5-10,12H2,1-2H3,(H,18,21). The Morgan fingerprint density at radius 3 is 2.46 bits per heavy atom. The molecule has 2 heterocycles. The van der Waals surface area contributed by atoms with E-state index >= 15 is 0 Å². The van der Waals surface area contributed by atoms with E-state index in [1.54, 1.807) is 37.3 Å². The summed E-state index contributed by atoms with van der Waals surface area (Å²) in [7, 11) is 0.225. The van der Waals surface area contributed by atoms with E-state index in [2.05, 4.69) is 10.2 Å². The fraction of sp³-hybridized carbons (Fsp3) is 0.588. The Morgan fingerprint density at radius 2 is 1.88 bits per heavy atom. The van der Waals surface area contributed by atoms with Crippen molar-refractivity contribution in [2.75, 3.05) is 57.2 Å². The van der Waals surface area contributed by atoms with E-state index in [0.29, 0.717) is 49.8 Å². The second kappa shape index (κ2) is 7.71. The molecule has 2 saturated heterocycles. The maximum atomic E-state index is 12.5. The van der Waals surface area contributed by atoms with Crippen LogP contribution in [0.25, 0.3) is 0 Å². The van der Waals surface area contributed by atoms with Gasteiger partial charge < -0.3 is 19.7 Å². The third-order valence-corrected chi connectivity index (χ3v) is 6.73. The number of carbonyl (C=O) groups excluding carboxylic acids is 1. The quantitative estimate of drug-likeness (QED) is 0.836. The predicted molar refractivity (Wildman–Crippen MR) is 98.8 cm³/mol. The molecule has 0 aliphatic carbocycles. The van der Waals surface area contributed by atoms with Crippen molar-refractivity contribution in [1.29, 1.82) is 0 Å². The monoisotopic (exact) mass is 383 g/mol. The van der Waals surface area contributed by atoms with Crippen LogP contribution in [0.1, 0.15) is 6.42 Å². The number of anilines is 1. The van der Waals surface area contributed by atoms with E-state index in [1.807, 2.05) is 0 Å². The van der Waals surface area contributed by atoms with Gasteiger partial charge in [0.05, 0.1) is 31.4 Å². The van der Waals surface area contributed by atoms with Crippen molar-refractivity contribution in [1.82, 2.24) is 9.80 Å². The van der Waals surface area contributed by atoms with Crippen LogP contribution in [0.4, 0.5) is 10.5 Å². The summed E-state index contributed by atoms with van der Waals surface area (Å²) in [5.41, 5.74) is 0.586. The second-order valence-corrected chi connectivity index (χ2v) is 8.80. The topological polar surface area (TPSA) is 88.2 Å². The average Bonchev–Trinajstić information content (AvgIpc) is 3.02. The average molecular weight is 383 g/mol. The van der Waals surface area contributed by atoms with Crippen LogP contribution in [0.15, 0.2) is 18.2 Å². The fourth-order valence-corrected chi connectivity index (χ4v) is 5.21. The van der Waals surface area contributed by atoms with Crippen molar-refractivity contribution in [3.05, 3.63) is 18.2 Å². The number of nitrogens with zero attached hydrogens (tertiary/aromatic N) is 2. The van der Waals surface area contributed by atoms with Crippen LogP contribution in [-0.4, -0.2) is 82.2 Å². The van der Waals surface area contributed by atoms with Gasteiger partial charge in [-0.2, -0.15) is 0 Å². The number of rotatable bonds is 4. The third kappa shape index (κ3) is 4.21. The molecule has 2 aliphatic rings. The highest BCUT2D eigenvalue weighted by atomic mass is 32.2. The Labute approximate surface area is 154 Å². The van der Waals surface area contributed by atoms with Crippen LogP contribution < -0.4 is 14.8 Å². The molecule has 8 nitrogen and oxygen atoms in total. The number of hydrogen-bond donors (Lipinski definition) is 1. The van der Waals surface area contributed by atoms with Gasteiger partial charge in [0.15, 0.2) is 9.84 Å².